The van der Waals surface area contributed by atoms with Crippen LogP contribution in [0.15, 0.2) is 38.4 Å². The van der Waals surface area contributed by atoms with Gasteiger partial charge in [-0.25, -0.2) is 0 Å². The number of thioether (sulfide) groups is 1. The number of benzene rings is 1. The van der Waals surface area contributed by atoms with E-state index in [1.165, 1.54) is 4.90 Å². The predicted octanol–water partition coefficient (Wildman–Crippen LogP) is 2.96. The van der Waals surface area contributed by atoms with Crippen molar-refractivity contribution in [2.45, 2.75) is 31.5 Å². The SMILES string of the molecule is CN(CC(=O)NC(C)(C)C)C(=O)CSc1nnc(-c2ccc(Br)cc2)o1. The minimum absolute atomic E-state index is 0.00460. The van der Waals surface area contributed by atoms with Gasteiger partial charge in [0.05, 0.1) is 12.3 Å². The van der Waals surface area contributed by atoms with Crippen molar-refractivity contribution in [3.8, 4) is 11.5 Å². The van der Waals surface area contributed by atoms with Crippen LogP contribution in [0.25, 0.3) is 11.5 Å². The van der Waals surface area contributed by atoms with Gasteiger partial charge in [-0.15, -0.1) is 10.2 Å². The molecular formula is C17H21BrN4O3S. The minimum Gasteiger partial charge on any atom is -0.411 e. The van der Waals surface area contributed by atoms with Crippen molar-refractivity contribution in [1.82, 2.24) is 20.4 Å². The van der Waals surface area contributed by atoms with Crippen molar-refractivity contribution in [3.05, 3.63) is 28.7 Å². The lowest BCUT2D eigenvalue weighted by Gasteiger charge is -2.23. The van der Waals surface area contributed by atoms with E-state index in [2.05, 4.69) is 31.4 Å². The van der Waals surface area contributed by atoms with Crippen LogP contribution in [0.3, 0.4) is 0 Å². The number of hydrogen-bond donors (Lipinski definition) is 1. The Kier molecular flexibility index (Phi) is 6.82. The summed E-state index contributed by atoms with van der Waals surface area (Å²) in [4.78, 5) is 25.4. The number of hydrogen-bond acceptors (Lipinski definition) is 6. The Hall–Kier alpha value is -1.87. The highest BCUT2D eigenvalue weighted by Crippen LogP contribution is 2.24. The molecule has 2 rings (SSSR count). The van der Waals surface area contributed by atoms with E-state index in [4.69, 9.17) is 4.42 Å². The summed E-state index contributed by atoms with van der Waals surface area (Å²) in [7, 11) is 1.59. The molecule has 0 aliphatic rings. The second-order valence-electron chi connectivity index (χ2n) is 6.72. The molecule has 0 radical (unpaired) electrons. The van der Waals surface area contributed by atoms with Crippen molar-refractivity contribution in [3.63, 3.8) is 0 Å². The lowest BCUT2D eigenvalue weighted by molar-refractivity contribution is -0.133. The molecule has 0 spiro atoms. The summed E-state index contributed by atoms with van der Waals surface area (Å²) in [5.74, 6) is 0.114. The fourth-order valence-corrected chi connectivity index (χ4v) is 2.94. The molecule has 140 valence electrons. The number of halogens is 1. The Morgan fingerprint density at radius 3 is 2.50 bits per heavy atom. The van der Waals surface area contributed by atoms with Crippen LogP contribution in [0.4, 0.5) is 0 Å². The highest BCUT2D eigenvalue weighted by molar-refractivity contribution is 9.10. The number of likely N-dealkylation sites (N-methyl/N-ethyl adjacent to an activating group) is 1. The molecular weight excluding hydrogens is 420 g/mol. The van der Waals surface area contributed by atoms with Crippen LogP contribution in [-0.4, -0.2) is 51.8 Å². The first-order valence-electron chi connectivity index (χ1n) is 7.91. The topological polar surface area (TPSA) is 88.3 Å². The van der Waals surface area contributed by atoms with Crippen LogP contribution in [0.2, 0.25) is 0 Å². The molecule has 0 saturated carbocycles. The Morgan fingerprint density at radius 1 is 1.23 bits per heavy atom. The zero-order valence-corrected chi connectivity index (χ0v) is 17.5. The molecule has 0 aliphatic heterocycles. The molecule has 0 fully saturated rings. The van der Waals surface area contributed by atoms with Gasteiger partial charge in [0, 0.05) is 22.6 Å². The molecule has 1 N–H and O–H groups in total. The molecule has 0 bridgehead atoms. The van der Waals surface area contributed by atoms with Gasteiger partial charge < -0.3 is 14.6 Å². The van der Waals surface area contributed by atoms with E-state index < -0.39 is 0 Å². The van der Waals surface area contributed by atoms with Gasteiger partial charge in [-0.3, -0.25) is 9.59 Å². The second-order valence-corrected chi connectivity index (χ2v) is 8.56. The fourth-order valence-electron chi connectivity index (χ4n) is 1.97. The summed E-state index contributed by atoms with van der Waals surface area (Å²) in [6.07, 6.45) is 0. The third-order valence-corrected chi connectivity index (χ3v) is 4.47. The van der Waals surface area contributed by atoms with Crippen molar-refractivity contribution in [1.29, 1.82) is 0 Å². The maximum atomic E-state index is 12.2. The zero-order chi connectivity index (χ0) is 19.3. The Labute approximate surface area is 165 Å². The van der Waals surface area contributed by atoms with E-state index in [0.29, 0.717) is 11.1 Å². The number of rotatable bonds is 6. The molecule has 2 aromatic rings. The minimum atomic E-state index is -0.330. The Balaban J connectivity index is 1.85. The van der Waals surface area contributed by atoms with Gasteiger partial charge in [-0.1, -0.05) is 27.7 Å². The lowest BCUT2D eigenvalue weighted by Crippen LogP contribution is -2.46. The first-order chi connectivity index (χ1) is 12.1. The lowest BCUT2D eigenvalue weighted by atomic mass is 10.1. The first-order valence-corrected chi connectivity index (χ1v) is 9.69. The number of amides is 2. The zero-order valence-electron chi connectivity index (χ0n) is 15.1. The van der Waals surface area contributed by atoms with Gasteiger partial charge in [0.2, 0.25) is 17.7 Å². The first kappa shape index (κ1) is 20.4. The molecule has 7 nitrogen and oxygen atoms in total. The van der Waals surface area contributed by atoms with Crippen LogP contribution in [-0.2, 0) is 9.59 Å². The van der Waals surface area contributed by atoms with E-state index >= 15 is 0 Å². The highest BCUT2D eigenvalue weighted by Gasteiger charge is 2.19. The summed E-state index contributed by atoms with van der Waals surface area (Å²) >= 11 is 4.51. The standard InChI is InChI=1S/C17H21BrN4O3S/c1-17(2,3)19-13(23)9-22(4)14(24)10-26-16-21-20-15(25-16)11-5-7-12(18)8-6-11/h5-8H,9-10H2,1-4H3,(H,19,23). The average molecular weight is 441 g/mol. The maximum Gasteiger partial charge on any atom is 0.277 e. The maximum absolute atomic E-state index is 12.2. The van der Waals surface area contributed by atoms with Crippen molar-refractivity contribution >= 4 is 39.5 Å². The molecule has 1 heterocycles. The number of aromatic nitrogens is 2. The largest absolute Gasteiger partial charge is 0.411 e. The number of nitrogens with one attached hydrogen (secondary N) is 1. The summed E-state index contributed by atoms with van der Waals surface area (Å²) in [6, 6.07) is 7.48. The van der Waals surface area contributed by atoms with E-state index in [0.717, 1.165) is 21.8 Å². The van der Waals surface area contributed by atoms with Crippen LogP contribution in [0.1, 0.15) is 20.8 Å². The molecule has 0 unspecified atom stereocenters. The third kappa shape index (κ3) is 6.45. The van der Waals surface area contributed by atoms with Crippen molar-refractivity contribution < 1.29 is 14.0 Å². The Bertz CT molecular complexity index is 771. The normalized spacial score (nSPS) is 11.3. The quantitative estimate of drug-likeness (QED) is 0.694. The van der Waals surface area contributed by atoms with E-state index in [1.807, 2.05) is 45.0 Å². The molecule has 1 aromatic carbocycles. The van der Waals surface area contributed by atoms with Gasteiger partial charge in [0.15, 0.2) is 0 Å². The van der Waals surface area contributed by atoms with Crippen molar-refractivity contribution in [2.24, 2.45) is 0 Å². The highest BCUT2D eigenvalue weighted by atomic mass is 79.9. The van der Waals surface area contributed by atoms with Crippen LogP contribution >= 0.6 is 27.7 Å². The van der Waals surface area contributed by atoms with E-state index in [1.54, 1.807) is 7.05 Å². The summed E-state index contributed by atoms with van der Waals surface area (Å²) in [6.45, 7) is 5.67. The predicted molar refractivity (Wildman–Crippen MR) is 104 cm³/mol. The molecule has 0 saturated heterocycles. The average Bonchev–Trinajstić information content (AvgIpc) is 3.00. The summed E-state index contributed by atoms with van der Waals surface area (Å²) < 4.78 is 6.52. The summed E-state index contributed by atoms with van der Waals surface area (Å²) in [5, 5.41) is 11.1. The molecule has 26 heavy (non-hydrogen) atoms. The van der Waals surface area contributed by atoms with Crippen LogP contribution in [0.5, 0.6) is 0 Å². The Morgan fingerprint density at radius 2 is 1.88 bits per heavy atom. The number of nitrogens with zero attached hydrogens (tertiary/aromatic N) is 3. The molecule has 0 aliphatic carbocycles. The monoisotopic (exact) mass is 440 g/mol. The van der Waals surface area contributed by atoms with Crippen molar-refractivity contribution in [2.75, 3.05) is 19.3 Å². The van der Waals surface area contributed by atoms with Crippen LogP contribution < -0.4 is 5.32 Å². The fraction of sp³-hybridized carbons (Fsp3) is 0.412. The molecule has 0 atom stereocenters. The number of carbonyl (C=O) groups is 2. The van der Waals surface area contributed by atoms with Gasteiger partial charge in [-0.2, -0.15) is 0 Å². The smallest absolute Gasteiger partial charge is 0.277 e. The number of carbonyl (C=O) groups excluding carboxylic acids is 2. The van der Waals surface area contributed by atoms with Gasteiger partial charge in [-0.05, 0) is 45.0 Å². The molecule has 1 aromatic heterocycles. The summed E-state index contributed by atoms with van der Waals surface area (Å²) in [5.41, 5.74) is 0.470. The van der Waals surface area contributed by atoms with Gasteiger partial charge in [0.1, 0.15) is 0 Å². The van der Waals surface area contributed by atoms with E-state index in [-0.39, 0.29) is 29.7 Å². The van der Waals surface area contributed by atoms with Gasteiger partial charge in [0.25, 0.3) is 5.22 Å². The molecule has 2 amide bonds. The van der Waals surface area contributed by atoms with Crippen LogP contribution in [0, 0.1) is 0 Å². The third-order valence-electron chi connectivity index (χ3n) is 3.14. The second kappa shape index (κ2) is 8.68. The van der Waals surface area contributed by atoms with Gasteiger partial charge >= 0.3 is 0 Å². The molecule has 9 heteroatoms. The van der Waals surface area contributed by atoms with E-state index in [9.17, 15) is 9.59 Å².